The molecule has 0 fully saturated rings. The fourth-order valence-electron chi connectivity index (χ4n) is 2.10. The van der Waals surface area contributed by atoms with Crippen molar-refractivity contribution >= 4 is 31.6 Å². The molecular formula is C16H19BrN2O4S. The lowest BCUT2D eigenvalue weighted by Gasteiger charge is -2.14. The summed E-state index contributed by atoms with van der Waals surface area (Å²) in [4.78, 5) is 0.0808. The Kier molecular flexibility index (Phi) is 6.09. The van der Waals surface area contributed by atoms with Crippen molar-refractivity contribution in [1.82, 2.24) is 0 Å². The summed E-state index contributed by atoms with van der Waals surface area (Å²) in [6.45, 7) is 2.98. The molecule has 0 aliphatic heterocycles. The van der Waals surface area contributed by atoms with E-state index in [0.29, 0.717) is 24.7 Å². The van der Waals surface area contributed by atoms with E-state index in [4.69, 9.17) is 14.6 Å². The summed E-state index contributed by atoms with van der Waals surface area (Å²) >= 11 is 3.51. The number of hydrogen-bond acceptors (Lipinski definition) is 5. The highest BCUT2D eigenvalue weighted by atomic mass is 79.9. The van der Waals surface area contributed by atoms with Crippen molar-refractivity contribution in [3.05, 3.63) is 46.4 Å². The maximum absolute atomic E-state index is 11.3. The van der Waals surface area contributed by atoms with Gasteiger partial charge in [-0.2, -0.15) is 0 Å². The molecule has 2 rings (SSSR count). The second-order valence-corrected chi connectivity index (χ2v) is 7.37. The molecular weight excluding hydrogens is 396 g/mol. The molecule has 0 aromatic heterocycles. The van der Waals surface area contributed by atoms with E-state index >= 15 is 0 Å². The van der Waals surface area contributed by atoms with Crippen molar-refractivity contribution in [2.75, 3.05) is 19.0 Å². The summed E-state index contributed by atoms with van der Waals surface area (Å²) in [5, 5.41) is 8.31. The molecule has 0 saturated heterocycles. The van der Waals surface area contributed by atoms with E-state index < -0.39 is 10.0 Å². The van der Waals surface area contributed by atoms with E-state index in [1.165, 1.54) is 12.1 Å². The molecule has 2 aromatic carbocycles. The minimum absolute atomic E-state index is 0.0808. The molecule has 24 heavy (non-hydrogen) atoms. The van der Waals surface area contributed by atoms with Crippen LogP contribution >= 0.6 is 15.9 Å². The molecule has 130 valence electrons. The van der Waals surface area contributed by atoms with Gasteiger partial charge in [0.1, 0.15) is 0 Å². The minimum atomic E-state index is -3.68. The number of nitrogens with one attached hydrogen (secondary N) is 1. The normalized spacial score (nSPS) is 11.2. The highest BCUT2D eigenvalue weighted by molar-refractivity contribution is 9.10. The maximum Gasteiger partial charge on any atom is 0.238 e. The fraction of sp³-hybridized carbons (Fsp3) is 0.250. The zero-order valence-electron chi connectivity index (χ0n) is 13.4. The summed E-state index contributed by atoms with van der Waals surface area (Å²) in [7, 11) is -2.09. The van der Waals surface area contributed by atoms with Gasteiger partial charge in [0.15, 0.2) is 11.5 Å². The lowest BCUT2D eigenvalue weighted by atomic mass is 10.2. The average Bonchev–Trinajstić information content (AvgIpc) is 2.54. The van der Waals surface area contributed by atoms with Crippen molar-refractivity contribution in [3.8, 4) is 11.5 Å². The zero-order valence-corrected chi connectivity index (χ0v) is 15.8. The summed E-state index contributed by atoms with van der Waals surface area (Å²) in [5.74, 6) is 1.33. The second-order valence-electron chi connectivity index (χ2n) is 4.95. The molecule has 8 heteroatoms. The summed E-state index contributed by atoms with van der Waals surface area (Å²) in [6.07, 6.45) is 0. The molecule has 0 atom stereocenters. The van der Waals surface area contributed by atoms with Gasteiger partial charge in [-0.3, -0.25) is 0 Å². The van der Waals surface area contributed by atoms with Gasteiger partial charge in [-0.1, -0.05) is 15.9 Å². The Hall–Kier alpha value is -1.77. The Morgan fingerprint density at radius 1 is 1.17 bits per heavy atom. The molecule has 0 amide bonds. The van der Waals surface area contributed by atoms with Crippen LogP contribution in [0.2, 0.25) is 0 Å². The van der Waals surface area contributed by atoms with Gasteiger partial charge in [0.25, 0.3) is 0 Å². The van der Waals surface area contributed by atoms with E-state index in [-0.39, 0.29) is 4.90 Å². The Morgan fingerprint density at radius 2 is 1.83 bits per heavy atom. The van der Waals surface area contributed by atoms with Crippen molar-refractivity contribution < 1.29 is 17.9 Å². The number of benzene rings is 2. The third-order valence-electron chi connectivity index (χ3n) is 3.30. The quantitative estimate of drug-likeness (QED) is 0.725. The summed E-state index contributed by atoms with van der Waals surface area (Å²) < 4.78 is 34.3. The number of nitrogens with two attached hydrogens (primary N) is 1. The highest BCUT2D eigenvalue weighted by Crippen LogP contribution is 2.34. The topological polar surface area (TPSA) is 90.6 Å². The maximum atomic E-state index is 11.3. The van der Waals surface area contributed by atoms with E-state index in [1.54, 1.807) is 19.2 Å². The van der Waals surface area contributed by atoms with Crippen LogP contribution in [0.15, 0.2) is 45.8 Å². The van der Waals surface area contributed by atoms with Crippen molar-refractivity contribution in [2.24, 2.45) is 5.14 Å². The number of hydrogen-bond donors (Lipinski definition) is 2. The number of methoxy groups -OCH3 is 1. The van der Waals surface area contributed by atoms with Crippen LogP contribution in [-0.2, 0) is 16.6 Å². The fourth-order valence-corrected chi connectivity index (χ4v) is 3.08. The molecule has 0 radical (unpaired) electrons. The first-order chi connectivity index (χ1) is 11.3. The van der Waals surface area contributed by atoms with Gasteiger partial charge in [-0.15, -0.1) is 0 Å². The number of sulfonamides is 1. The molecule has 0 saturated carbocycles. The van der Waals surface area contributed by atoms with Crippen LogP contribution in [0.5, 0.6) is 11.5 Å². The number of halogens is 1. The van der Waals surface area contributed by atoms with Crippen LogP contribution in [0.3, 0.4) is 0 Å². The first kappa shape index (κ1) is 18.6. The SMILES string of the molecule is CCOc1cc(CNc2ccc(S(N)(=O)=O)cc2)c(Br)cc1OC. The van der Waals surface area contributed by atoms with Crippen LogP contribution in [0.4, 0.5) is 5.69 Å². The van der Waals surface area contributed by atoms with Gasteiger partial charge in [-0.05, 0) is 48.9 Å². The smallest absolute Gasteiger partial charge is 0.238 e. The molecule has 0 bridgehead atoms. The summed E-state index contributed by atoms with van der Waals surface area (Å²) in [5.41, 5.74) is 1.76. The number of ether oxygens (including phenoxy) is 2. The largest absolute Gasteiger partial charge is 0.493 e. The molecule has 0 aliphatic rings. The van der Waals surface area contributed by atoms with E-state index in [0.717, 1.165) is 15.7 Å². The molecule has 0 unspecified atom stereocenters. The molecule has 2 aromatic rings. The van der Waals surface area contributed by atoms with E-state index in [1.807, 2.05) is 19.1 Å². The van der Waals surface area contributed by atoms with Crippen LogP contribution in [-0.4, -0.2) is 22.1 Å². The Bertz CT molecular complexity index is 808. The number of rotatable bonds is 7. The second kappa shape index (κ2) is 7.87. The average molecular weight is 415 g/mol. The molecule has 3 N–H and O–H groups in total. The highest BCUT2D eigenvalue weighted by Gasteiger charge is 2.11. The lowest BCUT2D eigenvalue weighted by Crippen LogP contribution is -2.12. The van der Waals surface area contributed by atoms with Gasteiger partial charge in [0, 0.05) is 16.7 Å². The molecule has 6 nitrogen and oxygen atoms in total. The van der Waals surface area contributed by atoms with Crippen LogP contribution in [0.1, 0.15) is 12.5 Å². The van der Waals surface area contributed by atoms with Gasteiger partial charge in [-0.25, -0.2) is 13.6 Å². The van der Waals surface area contributed by atoms with Crippen molar-refractivity contribution in [2.45, 2.75) is 18.4 Å². The zero-order chi connectivity index (χ0) is 17.7. The van der Waals surface area contributed by atoms with E-state index in [2.05, 4.69) is 21.2 Å². The molecule has 0 spiro atoms. The minimum Gasteiger partial charge on any atom is -0.493 e. The van der Waals surface area contributed by atoms with Crippen LogP contribution in [0, 0.1) is 0 Å². The third kappa shape index (κ3) is 4.62. The predicted molar refractivity (Wildman–Crippen MR) is 97.0 cm³/mol. The van der Waals surface area contributed by atoms with Gasteiger partial charge in [0.05, 0.1) is 18.6 Å². The van der Waals surface area contributed by atoms with Gasteiger partial charge in [0.2, 0.25) is 10.0 Å². The monoisotopic (exact) mass is 414 g/mol. The molecule has 0 heterocycles. The Balaban J connectivity index is 2.15. The number of anilines is 1. The van der Waals surface area contributed by atoms with Gasteiger partial charge >= 0.3 is 0 Å². The third-order valence-corrected chi connectivity index (χ3v) is 4.97. The first-order valence-electron chi connectivity index (χ1n) is 7.21. The number of primary sulfonamides is 1. The van der Waals surface area contributed by atoms with E-state index in [9.17, 15) is 8.42 Å². The first-order valence-corrected chi connectivity index (χ1v) is 9.55. The predicted octanol–water partition coefficient (Wildman–Crippen LogP) is 3.12. The molecule has 0 aliphatic carbocycles. The summed E-state index contributed by atoms with van der Waals surface area (Å²) in [6, 6.07) is 10.0. The standard InChI is InChI=1S/C16H19BrN2O4S/c1-3-23-16-8-11(14(17)9-15(16)22-2)10-19-12-4-6-13(7-5-12)24(18,20)21/h4-9,19H,3,10H2,1-2H3,(H2,18,20,21). The Morgan fingerprint density at radius 3 is 2.38 bits per heavy atom. The van der Waals surface area contributed by atoms with Gasteiger partial charge < -0.3 is 14.8 Å². The Labute approximate surface area is 150 Å². The van der Waals surface area contributed by atoms with Crippen LogP contribution < -0.4 is 19.9 Å². The van der Waals surface area contributed by atoms with Crippen LogP contribution in [0.25, 0.3) is 0 Å². The van der Waals surface area contributed by atoms with Crippen molar-refractivity contribution in [1.29, 1.82) is 0 Å². The van der Waals surface area contributed by atoms with Crippen molar-refractivity contribution in [3.63, 3.8) is 0 Å². The lowest BCUT2D eigenvalue weighted by molar-refractivity contribution is 0.310.